The van der Waals surface area contributed by atoms with Gasteiger partial charge in [-0.3, -0.25) is 9.59 Å². The summed E-state index contributed by atoms with van der Waals surface area (Å²) in [5.74, 6) is -0.912. The van der Waals surface area contributed by atoms with Gasteiger partial charge in [0, 0.05) is 38.6 Å². The number of amides is 1. The Kier molecular flexibility index (Phi) is 4.96. The first-order valence-electron chi connectivity index (χ1n) is 8.28. The zero-order chi connectivity index (χ0) is 16.2. The lowest BCUT2D eigenvalue weighted by Gasteiger charge is -2.17. The first-order valence-corrected chi connectivity index (χ1v) is 8.28. The molecule has 3 atom stereocenters. The van der Waals surface area contributed by atoms with Gasteiger partial charge in [-0.15, -0.1) is 0 Å². The van der Waals surface area contributed by atoms with Crippen LogP contribution in [0.15, 0.2) is 30.3 Å². The van der Waals surface area contributed by atoms with Gasteiger partial charge in [0.25, 0.3) is 0 Å². The van der Waals surface area contributed by atoms with E-state index in [9.17, 15) is 14.7 Å². The number of likely N-dealkylation sites (tertiary alicyclic amines) is 1. The lowest BCUT2D eigenvalue weighted by Crippen LogP contribution is -2.30. The largest absolute Gasteiger partial charge is 0.481 e. The standard InChI is InChI=1S/C18H23NO4/c20-17(7-6-13-8-9-23-12-13)19-10-15(16(11-19)18(21)22)14-4-2-1-3-5-14/h1-5,13,15-16H,6-12H2,(H,21,22)/t13?,15-,16-/m1/s1. The number of nitrogens with zero attached hydrogens (tertiary/aromatic N) is 1. The quantitative estimate of drug-likeness (QED) is 0.903. The van der Waals surface area contributed by atoms with E-state index in [2.05, 4.69) is 0 Å². The monoisotopic (exact) mass is 317 g/mol. The second-order valence-corrected chi connectivity index (χ2v) is 6.53. The van der Waals surface area contributed by atoms with Crippen LogP contribution in [0, 0.1) is 11.8 Å². The van der Waals surface area contributed by atoms with E-state index in [4.69, 9.17) is 4.74 Å². The van der Waals surface area contributed by atoms with E-state index in [0.29, 0.717) is 25.4 Å². The molecule has 2 fully saturated rings. The number of aliphatic carboxylic acids is 1. The molecule has 2 aliphatic rings. The van der Waals surface area contributed by atoms with E-state index in [0.717, 1.165) is 31.6 Å². The Morgan fingerprint density at radius 2 is 2.00 bits per heavy atom. The van der Waals surface area contributed by atoms with Crippen molar-refractivity contribution in [2.75, 3.05) is 26.3 Å². The molecule has 124 valence electrons. The van der Waals surface area contributed by atoms with Crippen LogP contribution in [0.2, 0.25) is 0 Å². The zero-order valence-corrected chi connectivity index (χ0v) is 13.2. The number of ether oxygens (including phenoxy) is 1. The molecule has 0 bridgehead atoms. The van der Waals surface area contributed by atoms with Gasteiger partial charge in [0.2, 0.25) is 5.91 Å². The smallest absolute Gasteiger partial charge is 0.308 e. The van der Waals surface area contributed by atoms with Crippen LogP contribution in [0.3, 0.4) is 0 Å². The van der Waals surface area contributed by atoms with Crippen LogP contribution in [-0.2, 0) is 14.3 Å². The van der Waals surface area contributed by atoms with Crippen molar-refractivity contribution in [1.82, 2.24) is 4.90 Å². The number of carboxylic acid groups (broad SMARTS) is 1. The van der Waals surface area contributed by atoms with Crippen LogP contribution in [0.1, 0.15) is 30.7 Å². The molecular weight excluding hydrogens is 294 g/mol. The maximum absolute atomic E-state index is 12.4. The molecule has 0 aliphatic carbocycles. The summed E-state index contributed by atoms with van der Waals surface area (Å²) in [6, 6.07) is 9.65. The zero-order valence-electron chi connectivity index (χ0n) is 13.2. The van der Waals surface area contributed by atoms with Crippen LogP contribution in [0.25, 0.3) is 0 Å². The van der Waals surface area contributed by atoms with E-state index in [1.165, 1.54) is 0 Å². The fraction of sp³-hybridized carbons (Fsp3) is 0.556. The average Bonchev–Trinajstić information content (AvgIpc) is 3.23. The third-order valence-corrected chi connectivity index (χ3v) is 5.01. The van der Waals surface area contributed by atoms with Crippen molar-refractivity contribution in [2.24, 2.45) is 11.8 Å². The normalized spacial score (nSPS) is 27.3. The van der Waals surface area contributed by atoms with Gasteiger partial charge < -0.3 is 14.7 Å². The molecule has 0 spiro atoms. The Bertz CT molecular complexity index is 553. The van der Waals surface area contributed by atoms with Crippen molar-refractivity contribution in [3.63, 3.8) is 0 Å². The summed E-state index contributed by atoms with van der Waals surface area (Å²) in [4.78, 5) is 25.7. The van der Waals surface area contributed by atoms with Crippen LogP contribution >= 0.6 is 0 Å². The molecule has 1 amide bonds. The van der Waals surface area contributed by atoms with Crippen LogP contribution < -0.4 is 0 Å². The third-order valence-electron chi connectivity index (χ3n) is 5.01. The van der Waals surface area contributed by atoms with Crippen LogP contribution in [-0.4, -0.2) is 48.2 Å². The van der Waals surface area contributed by atoms with E-state index in [1.807, 2.05) is 30.3 Å². The lowest BCUT2D eigenvalue weighted by atomic mass is 9.89. The molecule has 1 N–H and O–H groups in total. The Hall–Kier alpha value is -1.88. The van der Waals surface area contributed by atoms with Gasteiger partial charge in [-0.2, -0.15) is 0 Å². The topological polar surface area (TPSA) is 66.8 Å². The highest BCUT2D eigenvalue weighted by Gasteiger charge is 2.40. The highest BCUT2D eigenvalue weighted by Crippen LogP contribution is 2.33. The second kappa shape index (κ2) is 7.13. The second-order valence-electron chi connectivity index (χ2n) is 6.53. The van der Waals surface area contributed by atoms with Crippen LogP contribution in [0.5, 0.6) is 0 Å². The average molecular weight is 317 g/mol. The number of hydrogen-bond donors (Lipinski definition) is 1. The molecule has 23 heavy (non-hydrogen) atoms. The van der Waals surface area contributed by atoms with Gasteiger partial charge in [-0.05, 0) is 24.3 Å². The summed E-state index contributed by atoms with van der Waals surface area (Å²) in [6.07, 6.45) is 2.35. The predicted molar refractivity (Wildman–Crippen MR) is 85.0 cm³/mol. The SMILES string of the molecule is O=C(O)[C@@H]1CN(C(=O)CCC2CCOC2)C[C@@H]1c1ccccc1. The summed E-state index contributed by atoms with van der Waals surface area (Å²) in [5.41, 5.74) is 0.999. The van der Waals surface area contributed by atoms with Crippen molar-refractivity contribution >= 4 is 11.9 Å². The highest BCUT2D eigenvalue weighted by molar-refractivity contribution is 5.79. The fourth-order valence-electron chi connectivity index (χ4n) is 3.59. The van der Waals surface area contributed by atoms with Gasteiger partial charge in [0.05, 0.1) is 5.92 Å². The number of carbonyl (C=O) groups excluding carboxylic acids is 1. The van der Waals surface area contributed by atoms with Crippen molar-refractivity contribution in [1.29, 1.82) is 0 Å². The van der Waals surface area contributed by atoms with E-state index in [1.54, 1.807) is 4.90 Å². The van der Waals surface area contributed by atoms with Gasteiger partial charge in [-0.25, -0.2) is 0 Å². The molecule has 1 aromatic carbocycles. The minimum absolute atomic E-state index is 0.0709. The van der Waals surface area contributed by atoms with E-state index >= 15 is 0 Å². The molecule has 0 saturated carbocycles. The molecule has 2 heterocycles. The fourth-order valence-corrected chi connectivity index (χ4v) is 3.59. The van der Waals surface area contributed by atoms with Gasteiger partial charge >= 0.3 is 5.97 Å². The van der Waals surface area contributed by atoms with Crippen LogP contribution in [0.4, 0.5) is 0 Å². The molecule has 3 rings (SSSR count). The molecule has 1 unspecified atom stereocenters. The number of benzene rings is 1. The van der Waals surface area contributed by atoms with E-state index < -0.39 is 11.9 Å². The first-order chi connectivity index (χ1) is 11.1. The summed E-state index contributed by atoms with van der Waals surface area (Å²) >= 11 is 0. The summed E-state index contributed by atoms with van der Waals surface area (Å²) in [5, 5.41) is 9.49. The number of rotatable bonds is 5. The molecule has 2 saturated heterocycles. The first kappa shape index (κ1) is 16.0. The molecule has 5 heteroatoms. The maximum atomic E-state index is 12.4. The van der Waals surface area contributed by atoms with Crippen molar-refractivity contribution in [2.45, 2.75) is 25.2 Å². The highest BCUT2D eigenvalue weighted by atomic mass is 16.5. The summed E-state index contributed by atoms with van der Waals surface area (Å²) in [6.45, 7) is 2.35. The Balaban J connectivity index is 1.62. The molecule has 5 nitrogen and oxygen atoms in total. The van der Waals surface area contributed by atoms with Gasteiger partial charge in [-0.1, -0.05) is 30.3 Å². The van der Waals surface area contributed by atoms with Gasteiger partial charge in [0.15, 0.2) is 0 Å². The van der Waals surface area contributed by atoms with Gasteiger partial charge in [0.1, 0.15) is 0 Å². The third kappa shape index (κ3) is 3.72. The molecular formula is C18H23NO4. The number of carbonyl (C=O) groups is 2. The molecule has 1 aromatic rings. The van der Waals surface area contributed by atoms with Crippen molar-refractivity contribution < 1.29 is 19.4 Å². The minimum atomic E-state index is -0.821. The number of carboxylic acids is 1. The van der Waals surface area contributed by atoms with Crippen molar-refractivity contribution in [3.8, 4) is 0 Å². The lowest BCUT2D eigenvalue weighted by molar-refractivity contribution is -0.141. The summed E-state index contributed by atoms with van der Waals surface area (Å²) < 4.78 is 5.34. The maximum Gasteiger partial charge on any atom is 0.308 e. The molecule has 0 aromatic heterocycles. The predicted octanol–water partition coefficient (Wildman–Crippen LogP) is 2.13. The number of hydrogen-bond acceptors (Lipinski definition) is 3. The van der Waals surface area contributed by atoms with Crippen molar-refractivity contribution in [3.05, 3.63) is 35.9 Å². The molecule has 2 aliphatic heterocycles. The Morgan fingerprint density at radius 1 is 1.22 bits per heavy atom. The van der Waals surface area contributed by atoms with E-state index in [-0.39, 0.29) is 11.8 Å². The molecule has 0 radical (unpaired) electrons. The summed E-state index contributed by atoms with van der Waals surface area (Å²) in [7, 11) is 0. The minimum Gasteiger partial charge on any atom is -0.481 e. The Morgan fingerprint density at radius 3 is 2.65 bits per heavy atom. The Labute approximate surface area is 136 Å².